The second kappa shape index (κ2) is 10.1. The number of carbonyl (C=O) groups excluding carboxylic acids is 1. The van der Waals surface area contributed by atoms with Crippen molar-refractivity contribution < 1.29 is 9.53 Å². The molecule has 0 aromatic heterocycles. The van der Waals surface area contributed by atoms with Crippen LogP contribution >= 0.6 is 0 Å². The number of ether oxygens (including phenoxy) is 1. The summed E-state index contributed by atoms with van der Waals surface area (Å²) in [6.07, 6.45) is 0.434. The van der Waals surface area contributed by atoms with Crippen LogP contribution < -0.4 is 16.4 Å². The first-order valence-corrected chi connectivity index (χ1v) is 8.47. The molecular weight excluding hydrogens is 278 g/mol. The summed E-state index contributed by atoms with van der Waals surface area (Å²) in [7, 11) is 0. The number of nitrogens with two attached hydrogens (primary N) is 1. The van der Waals surface area contributed by atoms with Crippen molar-refractivity contribution in [3.8, 4) is 0 Å². The minimum absolute atomic E-state index is 0.218. The van der Waals surface area contributed by atoms with E-state index in [2.05, 4.69) is 38.3 Å². The van der Waals surface area contributed by atoms with Crippen LogP contribution in [0.4, 0.5) is 4.79 Å². The molecule has 0 rings (SSSR count). The van der Waals surface area contributed by atoms with Crippen molar-refractivity contribution in [2.45, 2.75) is 66.5 Å². The summed E-state index contributed by atoms with van der Waals surface area (Å²) in [4.78, 5) is 11.6. The molecule has 0 saturated carbocycles. The Morgan fingerprint density at radius 1 is 1.14 bits per heavy atom. The zero-order valence-electron chi connectivity index (χ0n) is 15.5. The quantitative estimate of drug-likeness (QED) is 0.611. The van der Waals surface area contributed by atoms with Gasteiger partial charge in [-0.05, 0) is 51.5 Å². The Balaban J connectivity index is 4.09. The van der Waals surface area contributed by atoms with Gasteiger partial charge in [-0.3, -0.25) is 0 Å². The largest absolute Gasteiger partial charge is 0.444 e. The smallest absolute Gasteiger partial charge is 0.407 e. The fourth-order valence-corrected chi connectivity index (χ4v) is 2.51. The lowest BCUT2D eigenvalue weighted by Crippen LogP contribution is -2.43. The average molecular weight is 316 g/mol. The van der Waals surface area contributed by atoms with Crippen molar-refractivity contribution in [3.63, 3.8) is 0 Å². The van der Waals surface area contributed by atoms with Crippen LogP contribution in [0, 0.1) is 17.8 Å². The molecule has 5 heteroatoms. The van der Waals surface area contributed by atoms with Crippen molar-refractivity contribution in [3.05, 3.63) is 0 Å². The van der Waals surface area contributed by atoms with E-state index >= 15 is 0 Å². The second-order valence-corrected chi connectivity index (χ2v) is 7.71. The van der Waals surface area contributed by atoms with E-state index in [1.165, 1.54) is 0 Å². The summed E-state index contributed by atoms with van der Waals surface area (Å²) in [5.41, 5.74) is 5.36. The Bertz CT molecular complexity index is 304. The minimum atomic E-state index is -0.461. The first-order chi connectivity index (χ1) is 10.1. The van der Waals surface area contributed by atoms with E-state index in [1.807, 2.05) is 20.8 Å². The Labute approximate surface area is 136 Å². The average Bonchev–Trinajstić information content (AvgIpc) is 2.33. The fraction of sp³-hybridized carbons (Fsp3) is 0.941. The summed E-state index contributed by atoms with van der Waals surface area (Å²) in [5, 5.41) is 6.32. The predicted octanol–water partition coefficient (Wildman–Crippen LogP) is 2.75. The van der Waals surface area contributed by atoms with E-state index < -0.39 is 5.60 Å². The molecule has 1 unspecified atom stereocenters. The van der Waals surface area contributed by atoms with Gasteiger partial charge in [-0.2, -0.15) is 0 Å². The summed E-state index contributed by atoms with van der Waals surface area (Å²) >= 11 is 0. The van der Waals surface area contributed by atoms with Gasteiger partial charge in [0.1, 0.15) is 5.60 Å². The van der Waals surface area contributed by atoms with Gasteiger partial charge in [0.15, 0.2) is 0 Å². The highest BCUT2D eigenvalue weighted by Crippen LogP contribution is 2.19. The van der Waals surface area contributed by atoms with Crippen molar-refractivity contribution in [1.29, 1.82) is 0 Å². The summed E-state index contributed by atoms with van der Waals surface area (Å²) in [6.45, 7) is 16.7. The van der Waals surface area contributed by atoms with Crippen LogP contribution in [0.25, 0.3) is 0 Å². The highest BCUT2D eigenvalue weighted by Gasteiger charge is 2.19. The third-order valence-electron chi connectivity index (χ3n) is 3.80. The topological polar surface area (TPSA) is 76.4 Å². The van der Waals surface area contributed by atoms with Gasteiger partial charge in [0.25, 0.3) is 0 Å². The van der Waals surface area contributed by atoms with Crippen LogP contribution in [0.2, 0.25) is 0 Å². The Morgan fingerprint density at radius 3 is 2.09 bits per heavy atom. The molecule has 0 aliphatic rings. The van der Waals surface area contributed by atoms with E-state index in [9.17, 15) is 4.79 Å². The van der Waals surface area contributed by atoms with E-state index in [0.29, 0.717) is 30.8 Å². The molecule has 0 aliphatic heterocycles. The molecule has 0 heterocycles. The van der Waals surface area contributed by atoms with Crippen LogP contribution in [-0.4, -0.2) is 37.4 Å². The van der Waals surface area contributed by atoms with Crippen molar-refractivity contribution in [2.75, 3.05) is 19.6 Å². The number of hydrogen-bond donors (Lipinski definition) is 3. The van der Waals surface area contributed by atoms with Gasteiger partial charge in [-0.1, -0.05) is 27.7 Å². The first kappa shape index (κ1) is 21.2. The standard InChI is InChI=1S/C17H37N3O2/c1-12(2)15(13(3)4)11-20-14(10-18)8-9-19-16(21)22-17(5,6)7/h12-15,20H,8-11,18H2,1-7H3,(H,19,21). The zero-order chi connectivity index (χ0) is 17.3. The second-order valence-electron chi connectivity index (χ2n) is 7.71. The van der Waals surface area contributed by atoms with Gasteiger partial charge >= 0.3 is 6.09 Å². The molecular formula is C17H37N3O2. The monoisotopic (exact) mass is 315 g/mol. The van der Waals surface area contributed by atoms with Crippen molar-refractivity contribution in [2.24, 2.45) is 23.5 Å². The highest BCUT2D eigenvalue weighted by atomic mass is 16.6. The first-order valence-electron chi connectivity index (χ1n) is 8.47. The van der Waals surface area contributed by atoms with Gasteiger partial charge < -0.3 is 21.1 Å². The number of hydrogen-bond acceptors (Lipinski definition) is 4. The molecule has 22 heavy (non-hydrogen) atoms. The van der Waals surface area contributed by atoms with Crippen LogP contribution in [0.5, 0.6) is 0 Å². The molecule has 1 atom stereocenters. The van der Waals surface area contributed by atoms with Gasteiger partial charge in [0.05, 0.1) is 0 Å². The molecule has 0 spiro atoms. The molecule has 0 saturated heterocycles. The molecule has 5 nitrogen and oxygen atoms in total. The molecule has 0 aromatic rings. The minimum Gasteiger partial charge on any atom is -0.444 e. The number of rotatable bonds is 9. The molecule has 0 fully saturated rings. The lowest BCUT2D eigenvalue weighted by atomic mass is 9.85. The summed E-state index contributed by atoms with van der Waals surface area (Å²) in [5.74, 6) is 1.92. The summed E-state index contributed by atoms with van der Waals surface area (Å²) in [6, 6.07) is 0.218. The SMILES string of the molecule is CC(C)C(CNC(CN)CCNC(=O)OC(C)(C)C)C(C)C. The zero-order valence-corrected chi connectivity index (χ0v) is 15.5. The highest BCUT2D eigenvalue weighted by molar-refractivity contribution is 5.67. The molecule has 0 radical (unpaired) electrons. The third-order valence-corrected chi connectivity index (χ3v) is 3.80. The maximum absolute atomic E-state index is 11.6. The van der Waals surface area contributed by atoms with E-state index in [-0.39, 0.29) is 12.1 Å². The number of alkyl carbamates (subject to hydrolysis) is 1. The molecule has 0 aromatic carbocycles. The lowest BCUT2D eigenvalue weighted by Gasteiger charge is -2.28. The van der Waals surface area contributed by atoms with Gasteiger partial charge in [-0.15, -0.1) is 0 Å². The van der Waals surface area contributed by atoms with Crippen LogP contribution in [0.3, 0.4) is 0 Å². The van der Waals surface area contributed by atoms with E-state index in [4.69, 9.17) is 10.5 Å². The van der Waals surface area contributed by atoms with E-state index in [0.717, 1.165) is 13.0 Å². The predicted molar refractivity (Wildman–Crippen MR) is 92.9 cm³/mol. The van der Waals surface area contributed by atoms with Gasteiger partial charge in [-0.25, -0.2) is 4.79 Å². The maximum Gasteiger partial charge on any atom is 0.407 e. The lowest BCUT2D eigenvalue weighted by molar-refractivity contribution is 0.0526. The van der Waals surface area contributed by atoms with Gasteiger partial charge in [0.2, 0.25) is 0 Å². The van der Waals surface area contributed by atoms with Crippen LogP contribution in [0.1, 0.15) is 54.9 Å². The van der Waals surface area contributed by atoms with Crippen molar-refractivity contribution >= 4 is 6.09 Å². The summed E-state index contributed by atoms with van der Waals surface area (Å²) < 4.78 is 5.21. The Kier molecular flexibility index (Phi) is 9.69. The molecule has 4 N–H and O–H groups in total. The molecule has 0 aliphatic carbocycles. The molecule has 132 valence electrons. The van der Waals surface area contributed by atoms with Crippen LogP contribution in [-0.2, 0) is 4.74 Å². The number of carbonyl (C=O) groups is 1. The maximum atomic E-state index is 11.6. The van der Waals surface area contributed by atoms with Crippen LogP contribution in [0.15, 0.2) is 0 Å². The molecule has 1 amide bonds. The number of nitrogens with one attached hydrogen (secondary N) is 2. The third kappa shape index (κ3) is 10.0. The Morgan fingerprint density at radius 2 is 1.68 bits per heavy atom. The van der Waals surface area contributed by atoms with Crippen molar-refractivity contribution in [1.82, 2.24) is 10.6 Å². The molecule has 0 bridgehead atoms. The van der Waals surface area contributed by atoms with Gasteiger partial charge in [0, 0.05) is 19.1 Å². The van der Waals surface area contributed by atoms with E-state index in [1.54, 1.807) is 0 Å². The normalized spacial score (nSPS) is 13.8. The number of amides is 1. The fourth-order valence-electron chi connectivity index (χ4n) is 2.51. The Hall–Kier alpha value is -0.810.